The van der Waals surface area contributed by atoms with Crippen LogP contribution in [0, 0.1) is 11.8 Å². The predicted molar refractivity (Wildman–Crippen MR) is 112 cm³/mol. The van der Waals surface area contributed by atoms with Crippen LogP contribution in [0.3, 0.4) is 0 Å². The second kappa shape index (κ2) is 10.2. The number of amides is 1. The number of hydrogen-bond donors (Lipinski definition) is 1. The summed E-state index contributed by atoms with van der Waals surface area (Å²) in [4.78, 5) is 15.1. The highest BCUT2D eigenvalue weighted by molar-refractivity contribution is 6.31. The number of carbonyl (C=O) groups excluding carboxylic acids is 1. The van der Waals surface area contributed by atoms with E-state index in [1.54, 1.807) is 25.6 Å². The van der Waals surface area contributed by atoms with Gasteiger partial charge in [0, 0.05) is 18.0 Å². The molecule has 1 aliphatic heterocycles. The summed E-state index contributed by atoms with van der Waals surface area (Å²) in [5, 5.41) is 3.31. The number of cyclic esters (lactones) is 1. The molecule has 6 heteroatoms. The van der Waals surface area contributed by atoms with E-state index in [0.29, 0.717) is 17.2 Å². The van der Waals surface area contributed by atoms with Crippen LogP contribution in [-0.4, -0.2) is 24.8 Å². The Kier molecular flexibility index (Phi) is 7.10. The maximum Gasteiger partial charge on any atom is 0.407 e. The van der Waals surface area contributed by atoms with E-state index in [2.05, 4.69) is 22.1 Å². The first-order valence-electron chi connectivity index (χ1n) is 8.89. The predicted octanol–water partition coefficient (Wildman–Crippen LogP) is 4.61. The average molecular weight is 407 g/mol. The summed E-state index contributed by atoms with van der Waals surface area (Å²) in [6, 6.07) is 18.9. The lowest BCUT2D eigenvalue weighted by Gasteiger charge is -2.07. The highest BCUT2D eigenvalue weighted by Crippen LogP contribution is 2.19. The summed E-state index contributed by atoms with van der Waals surface area (Å²) in [5.41, 5.74) is 2.49. The topological polar surface area (TPSA) is 60.5 Å². The minimum absolute atomic E-state index is 0.124. The van der Waals surface area contributed by atoms with Gasteiger partial charge in [0.25, 0.3) is 0 Å². The molecule has 0 bridgehead atoms. The number of pyridine rings is 1. The average Bonchev–Trinajstić information content (AvgIpc) is 3.21. The van der Waals surface area contributed by atoms with Crippen molar-refractivity contribution in [3.05, 3.63) is 94.8 Å². The number of ether oxygens (including phenoxy) is 2. The van der Waals surface area contributed by atoms with E-state index in [-0.39, 0.29) is 6.04 Å². The highest BCUT2D eigenvalue weighted by atomic mass is 35.5. The Bertz CT molecular complexity index is 1030. The standard InChI is InChI=1S/C16H11ClN2O2.C7H8O/c17-14-6-7-18-9-13(14)5-4-11-2-1-3-12(8-11)15-10-21-16(20)19-15;1-8-7-5-3-2-4-6-7/h1-3,6-9,15H,10H2,(H,19,20);2-6H,1H3/t15-;/m0./s1. The van der Waals surface area contributed by atoms with E-state index in [1.807, 2.05) is 54.6 Å². The van der Waals surface area contributed by atoms with Crippen molar-refractivity contribution in [1.29, 1.82) is 0 Å². The summed E-state index contributed by atoms with van der Waals surface area (Å²) >= 11 is 6.03. The van der Waals surface area contributed by atoms with E-state index in [1.165, 1.54) is 0 Å². The van der Waals surface area contributed by atoms with Crippen molar-refractivity contribution in [2.24, 2.45) is 0 Å². The minimum Gasteiger partial charge on any atom is -0.497 e. The van der Waals surface area contributed by atoms with Crippen LogP contribution in [-0.2, 0) is 4.74 Å². The molecule has 1 aromatic heterocycles. The zero-order valence-corrected chi connectivity index (χ0v) is 16.5. The Morgan fingerprint density at radius 1 is 1.14 bits per heavy atom. The number of rotatable bonds is 2. The summed E-state index contributed by atoms with van der Waals surface area (Å²) in [6.45, 7) is 0.337. The zero-order chi connectivity index (χ0) is 20.5. The van der Waals surface area contributed by atoms with Gasteiger partial charge in [-0.1, -0.05) is 53.8 Å². The van der Waals surface area contributed by atoms with Gasteiger partial charge in [-0.2, -0.15) is 0 Å². The number of carbonyl (C=O) groups is 1. The van der Waals surface area contributed by atoms with Crippen molar-refractivity contribution in [2.75, 3.05) is 13.7 Å². The molecule has 29 heavy (non-hydrogen) atoms. The largest absolute Gasteiger partial charge is 0.497 e. The van der Waals surface area contributed by atoms with Crippen LogP contribution in [0.5, 0.6) is 5.75 Å². The molecule has 1 atom stereocenters. The molecule has 4 rings (SSSR count). The fraction of sp³-hybridized carbons (Fsp3) is 0.130. The normalized spacial score (nSPS) is 14.4. The molecular formula is C23H19ClN2O3. The molecule has 3 aromatic rings. The molecule has 1 amide bonds. The fourth-order valence-corrected chi connectivity index (χ4v) is 2.72. The van der Waals surface area contributed by atoms with Gasteiger partial charge in [0.15, 0.2) is 0 Å². The van der Waals surface area contributed by atoms with Crippen molar-refractivity contribution in [3.8, 4) is 17.6 Å². The van der Waals surface area contributed by atoms with Gasteiger partial charge in [-0.15, -0.1) is 0 Å². The third kappa shape index (κ3) is 6.00. The molecule has 0 spiro atoms. The number of hydrogen-bond acceptors (Lipinski definition) is 4. The van der Waals surface area contributed by atoms with Gasteiger partial charge in [-0.25, -0.2) is 4.79 Å². The van der Waals surface area contributed by atoms with Crippen molar-refractivity contribution < 1.29 is 14.3 Å². The van der Waals surface area contributed by atoms with E-state index in [4.69, 9.17) is 21.1 Å². The molecule has 0 unspecified atom stereocenters. The Morgan fingerprint density at radius 2 is 1.97 bits per heavy atom. The molecule has 2 heterocycles. The molecule has 2 aromatic carbocycles. The first kappa shape index (κ1) is 20.2. The van der Waals surface area contributed by atoms with Gasteiger partial charge in [-0.3, -0.25) is 4.98 Å². The number of methoxy groups -OCH3 is 1. The van der Waals surface area contributed by atoms with Crippen LogP contribution in [0.15, 0.2) is 73.1 Å². The molecule has 1 N–H and O–H groups in total. The second-order valence-electron chi connectivity index (χ2n) is 6.04. The van der Waals surface area contributed by atoms with Crippen LogP contribution in [0.4, 0.5) is 4.79 Å². The Balaban J connectivity index is 0.000000252. The van der Waals surface area contributed by atoms with Crippen molar-refractivity contribution in [2.45, 2.75) is 6.04 Å². The SMILES string of the molecule is COc1ccccc1.O=C1N[C@H](c2cccc(C#Cc3cnccc3Cl)c2)CO1. The van der Waals surface area contributed by atoms with E-state index < -0.39 is 6.09 Å². The maximum atomic E-state index is 11.1. The van der Waals surface area contributed by atoms with Crippen LogP contribution in [0.2, 0.25) is 5.02 Å². The Morgan fingerprint density at radius 3 is 2.62 bits per heavy atom. The van der Waals surface area contributed by atoms with Crippen molar-refractivity contribution >= 4 is 17.7 Å². The Hall–Kier alpha value is -3.49. The molecule has 1 saturated heterocycles. The van der Waals surface area contributed by atoms with E-state index in [0.717, 1.165) is 16.9 Å². The van der Waals surface area contributed by atoms with Gasteiger partial charge in [0.05, 0.1) is 23.7 Å². The van der Waals surface area contributed by atoms with E-state index >= 15 is 0 Å². The maximum absolute atomic E-state index is 11.1. The molecule has 0 aliphatic carbocycles. The zero-order valence-electron chi connectivity index (χ0n) is 15.8. The third-order valence-corrected chi connectivity index (χ3v) is 4.38. The van der Waals surface area contributed by atoms with Crippen LogP contribution in [0.25, 0.3) is 0 Å². The molecule has 1 fully saturated rings. The van der Waals surface area contributed by atoms with Gasteiger partial charge < -0.3 is 14.8 Å². The molecular weight excluding hydrogens is 388 g/mol. The van der Waals surface area contributed by atoms with Gasteiger partial charge in [0.2, 0.25) is 0 Å². The number of nitrogens with one attached hydrogen (secondary N) is 1. The number of halogens is 1. The molecule has 0 radical (unpaired) electrons. The Labute approximate surface area is 174 Å². The second-order valence-corrected chi connectivity index (χ2v) is 6.45. The first-order valence-corrected chi connectivity index (χ1v) is 9.27. The minimum atomic E-state index is -0.390. The molecule has 146 valence electrons. The van der Waals surface area contributed by atoms with Crippen molar-refractivity contribution in [3.63, 3.8) is 0 Å². The van der Waals surface area contributed by atoms with Crippen LogP contribution < -0.4 is 10.1 Å². The summed E-state index contributed by atoms with van der Waals surface area (Å²) in [6.07, 6.45) is 2.86. The summed E-state index contributed by atoms with van der Waals surface area (Å²) in [7, 11) is 1.66. The van der Waals surface area contributed by atoms with Crippen molar-refractivity contribution in [1.82, 2.24) is 10.3 Å². The fourth-order valence-electron chi connectivity index (χ4n) is 2.56. The van der Waals surface area contributed by atoms with Gasteiger partial charge in [-0.05, 0) is 35.9 Å². The molecule has 1 aliphatic rings. The first-order chi connectivity index (χ1) is 14.2. The van der Waals surface area contributed by atoms with E-state index in [9.17, 15) is 4.79 Å². The van der Waals surface area contributed by atoms with Crippen LogP contribution in [0.1, 0.15) is 22.7 Å². The summed E-state index contributed by atoms with van der Waals surface area (Å²) in [5.74, 6) is 6.95. The molecule has 5 nitrogen and oxygen atoms in total. The monoisotopic (exact) mass is 406 g/mol. The summed E-state index contributed by atoms with van der Waals surface area (Å²) < 4.78 is 9.81. The molecule has 0 saturated carbocycles. The highest BCUT2D eigenvalue weighted by Gasteiger charge is 2.23. The number of benzene rings is 2. The third-order valence-electron chi connectivity index (χ3n) is 4.05. The lowest BCUT2D eigenvalue weighted by atomic mass is 10.0. The van der Waals surface area contributed by atoms with Gasteiger partial charge in [0.1, 0.15) is 12.4 Å². The number of para-hydroxylation sites is 1. The van der Waals surface area contributed by atoms with Crippen LogP contribution >= 0.6 is 11.6 Å². The quantitative estimate of drug-likeness (QED) is 0.631. The number of nitrogens with zero attached hydrogens (tertiary/aromatic N) is 1. The number of alkyl carbamates (subject to hydrolysis) is 1. The smallest absolute Gasteiger partial charge is 0.407 e. The lowest BCUT2D eigenvalue weighted by Crippen LogP contribution is -2.18. The lowest BCUT2D eigenvalue weighted by molar-refractivity contribution is 0.177. The van der Waals surface area contributed by atoms with Gasteiger partial charge >= 0.3 is 6.09 Å². The number of aromatic nitrogens is 1.